The predicted octanol–water partition coefficient (Wildman–Crippen LogP) is 1.35. The third-order valence-corrected chi connectivity index (χ3v) is 2.58. The van der Waals surface area contributed by atoms with Crippen molar-refractivity contribution in [2.45, 2.75) is 0 Å². The summed E-state index contributed by atoms with van der Waals surface area (Å²) < 4.78 is 0.993. The van der Waals surface area contributed by atoms with E-state index in [1.807, 2.05) is 12.1 Å². The number of carbonyl (C=O) groups excluding carboxylic acids is 2. The van der Waals surface area contributed by atoms with Gasteiger partial charge in [-0.3, -0.25) is 4.79 Å². The molecule has 1 N–H and O–H groups in total. The van der Waals surface area contributed by atoms with E-state index in [-0.39, 0.29) is 18.5 Å². The normalized spacial score (nSPS) is 15.9. The van der Waals surface area contributed by atoms with Gasteiger partial charge in [-0.05, 0) is 40.8 Å². The molecule has 0 aliphatic carbocycles. The van der Waals surface area contributed by atoms with Crippen molar-refractivity contribution in [3.8, 4) is 0 Å². The van der Waals surface area contributed by atoms with Gasteiger partial charge in [-0.1, -0.05) is 6.07 Å². The molecule has 1 aromatic rings. The maximum atomic E-state index is 11.3. The second-order valence-electron chi connectivity index (χ2n) is 2.87. The van der Waals surface area contributed by atoms with Gasteiger partial charge < -0.3 is 5.32 Å². The first kappa shape index (κ1) is 9.45. The number of amides is 3. The van der Waals surface area contributed by atoms with Crippen molar-refractivity contribution in [2.75, 3.05) is 11.4 Å². The minimum Gasteiger partial charge on any atom is -0.328 e. The van der Waals surface area contributed by atoms with Crippen LogP contribution in [0.2, 0.25) is 0 Å². The highest BCUT2D eigenvalue weighted by Gasteiger charge is 2.29. The van der Waals surface area contributed by atoms with Crippen LogP contribution in [0.1, 0.15) is 0 Å². The third kappa shape index (κ3) is 1.59. The summed E-state index contributed by atoms with van der Waals surface area (Å²) in [5.74, 6) is -0.211. The molecule has 5 heteroatoms. The fourth-order valence-corrected chi connectivity index (χ4v) is 1.83. The number of urea groups is 1. The number of carbonyl (C=O) groups is 2. The molecule has 1 aliphatic rings. The van der Waals surface area contributed by atoms with Crippen LogP contribution >= 0.6 is 22.6 Å². The molecule has 0 spiro atoms. The highest BCUT2D eigenvalue weighted by Crippen LogP contribution is 2.19. The summed E-state index contributed by atoms with van der Waals surface area (Å²) in [7, 11) is 0. The number of benzene rings is 1. The molecule has 1 fully saturated rings. The monoisotopic (exact) mass is 302 g/mol. The van der Waals surface area contributed by atoms with Gasteiger partial charge in [-0.2, -0.15) is 0 Å². The SMILES string of the molecule is O=C1CNC(=O)N1c1cccc(I)c1. The number of nitrogens with zero attached hydrogens (tertiary/aromatic N) is 1. The summed E-state index contributed by atoms with van der Waals surface area (Å²) in [5.41, 5.74) is 0.622. The van der Waals surface area contributed by atoms with Gasteiger partial charge in [0, 0.05) is 3.57 Å². The number of halogens is 1. The molecular formula is C9H7IN2O2. The third-order valence-electron chi connectivity index (χ3n) is 1.91. The zero-order chi connectivity index (χ0) is 10.1. The minimum atomic E-state index is -0.350. The Labute approximate surface area is 94.4 Å². The average Bonchev–Trinajstić information content (AvgIpc) is 2.46. The van der Waals surface area contributed by atoms with E-state index in [1.54, 1.807) is 12.1 Å². The van der Waals surface area contributed by atoms with Gasteiger partial charge in [-0.25, -0.2) is 9.69 Å². The van der Waals surface area contributed by atoms with Crippen LogP contribution in [0.5, 0.6) is 0 Å². The van der Waals surface area contributed by atoms with E-state index in [4.69, 9.17) is 0 Å². The molecule has 1 saturated heterocycles. The molecule has 1 aromatic carbocycles. The van der Waals surface area contributed by atoms with E-state index < -0.39 is 0 Å². The van der Waals surface area contributed by atoms with Crippen molar-refractivity contribution in [2.24, 2.45) is 0 Å². The van der Waals surface area contributed by atoms with Crippen molar-refractivity contribution in [3.05, 3.63) is 27.8 Å². The highest BCUT2D eigenvalue weighted by molar-refractivity contribution is 14.1. The lowest BCUT2D eigenvalue weighted by Crippen LogP contribution is -2.30. The first-order valence-electron chi connectivity index (χ1n) is 4.05. The Hall–Kier alpha value is -1.11. The summed E-state index contributed by atoms with van der Waals surface area (Å²) in [4.78, 5) is 23.8. The van der Waals surface area contributed by atoms with Gasteiger partial charge in [0.1, 0.15) is 0 Å². The Morgan fingerprint density at radius 2 is 2.14 bits per heavy atom. The summed E-state index contributed by atoms with van der Waals surface area (Å²) >= 11 is 2.14. The number of rotatable bonds is 1. The molecule has 72 valence electrons. The molecule has 1 heterocycles. The lowest BCUT2D eigenvalue weighted by molar-refractivity contribution is -0.115. The van der Waals surface area contributed by atoms with E-state index in [9.17, 15) is 9.59 Å². The Morgan fingerprint density at radius 1 is 1.36 bits per heavy atom. The van der Waals surface area contributed by atoms with Gasteiger partial charge in [0.15, 0.2) is 0 Å². The molecule has 2 rings (SSSR count). The van der Waals surface area contributed by atoms with Gasteiger partial charge in [-0.15, -0.1) is 0 Å². The van der Waals surface area contributed by atoms with Crippen LogP contribution in [0.4, 0.5) is 10.5 Å². The van der Waals surface area contributed by atoms with E-state index >= 15 is 0 Å². The van der Waals surface area contributed by atoms with E-state index in [2.05, 4.69) is 27.9 Å². The molecule has 3 amide bonds. The average molecular weight is 302 g/mol. The Bertz CT molecular complexity index is 390. The van der Waals surface area contributed by atoms with Crippen LogP contribution < -0.4 is 10.2 Å². The highest BCUT2D eigenvalue weighted by atomic mass is 127. The second kappa shape index (κ2) is 3.56. The van der Waals surface area contributed by atoms with Crippen LogP contribution in [0.15, 0.2) is 24.3 Å². The minimum absolute atomic E-state index is 0.0876. The predicted molar refractivity (Wildman–Crippen MR) is 60.0 cm³/mol. The maximum absolute atomic E-state index is 11.3. The molecule has 0 saturated carbocycles. The Balaban J connectivity index is 2.39. The zero-order valence-corrected chi connectivity index (χ0v) is 9.32. The first-order valence-corrected chi connectivity index (χ1v) is 5.13. The molecule has 4 nitrogen and oxygen atoms in total. The van der Waals surface area contributed by atoms with Crippen molar-refractivity contribution in [1.29, 1.82) is 0 Å². The van der Waals surface area contributed by atoms with Crippen molar-refractivity contribution in [1.82, 2.24) is 5.32 Å². The van der Waals surface area contributed by atoms with E-state index in [0.29, 0.717) is 5.69 Å². The first-order chi connectivity index (χ1) is 6.68. The number of imide groups is 1. The van der Waals surface area contributed by atoms with Crippen LogP contribution in [-0.2, 0) is 4.79 Å². The smallest absolute Gasteiger partial charge is 0.328 e. The fourth-order valence-electron chi connectivity index (χ4n) is 1.30. The summed E-state index contributed by atoms with van der Waals surface area (Å²) in [6, 6.07) is 6.91. The van der Waals surface area contributed by atoms with E-state index in [1.165, 1.54) is 0 Å². The molecular weight excluding hydrogens is 295 g/mol. The molecule has 0 bridgehead atoms. The quantitative estimate of drug-likeness (QED) is 0.629. The van der Waals surface area contributed by atoms with Gasteiger partial charge in [0.2, 0.25) is 0 Å². The van der Waals surface area contributed by atoms with Crippen LogP contribution in [0.3, 0.4) is 0 Å². The number of hydrogen-bond acceptors (Lipinski definition) is 2. The van der Waals surface area contributed by atoms with Crippen LogP contribution in [0, 0.1) is 3.57 Å². The molecule has 0 aromatic heterocycles. The van der Waals surface area contributed by atoms with Gasteiger partial charge >= 0.3 is 6.03 Å². The zero-order valence-electron chi connectivity index (χ0n) is 7.16. The van der Waals surface area contributed by atoms with Crippen molar-refractivity contribution >= 4 is 40.2 Å². The van der Waals surface area contributed by atoms with E-state index in [0.717, 1.165) is 8.47 Å². The maximum Gasteiger partial charge on any atom is 0.329 e. The van der Waals surface area contributed by atoms with Crippen LogP contribution in [-0.4, -0.2) is 18.5 Å². The van der Waals surface area contributed by atoms with Crippen molar-refractivity contribution in [3.63, 3.8) is 0 Å². The summed E-state index contributed by atoms with van der Waals surface area (Å²) in [6.07, 6.45) is 0. The molecule has 1 aliphatic heterocycles. The standard InChI is InChI=1S/C9H7IN2O2/c10-6-2-1-3-7(4-6)12-8(13)5-11-9(12)14/h1-4H,5H2,(H,11,14). The molecule has 0 unspecified atom stereocenters. The van der Waals surface area contributed by atoms with Gasteiger partial charge in [0.25, 0.3) is 5.91 Å². The second-order valence-corrected chi connectivity index (χ2v) is 4.11. The molecule has 0 radical (unpaired) electrons. The van der Waals surface area contributed by atoms with Crippen molar-refractivity contribution < 1.29 is 9.59 Å². The fraction of sp³-hybridized carbons (Fsp3) is 0.111. The lowest BCUT2D eigenvalue weighted by Gasteiger charge is -2.11. The summed E-state index contributed by atoms with van der Waals surface area (Å²) in [5, 5.41) is 2.47. The molecule has 14 heavy (non-hydrogen) atoms. The molecule has 0 atom stereocenters. The number of anilines is 1. The largest absolute Gasteiger partial charge is 0.329 e. The topological polar surface area (TPSA) is 49.4 Å². The lowest BCUT2D eigenvalue weighted by atomic mass is 10.3. The van der Waals surface area contributed by atoms with Crippen LogP contribution in [0.25, 0.3) is 0 Å². The van der Waals surface area contributed by atoms with Gasteiger partial charge in [0.05, 0.1) is 12.2 Å². The number of nitrogens with one attached hydrogen (secondary N) is 1. The summed E-state index contributed by atoms with van der Waals surface area (Å²) in [6.45, 7) is 0.0876. The number of hydrogen-bond donors (Lipinski definition) is 1. The Morgan fingerprint density at radius 3 is 2.71 bits per heavy atom. The Kier molecular flexibility index (Phi) is 2.40.